The van der Waals surface area contributed by atoms with E-state index in [4.69, 9.17) is 0 Å². The highest BCUT2D eigenvalue weighted by molar-refractivity contribution is 7.21. The summed E-state index contributed by atoms with van der Waals surface area (Å²) in [7, 11) is 0. The molecule has 3 nitrogen and oxygen atoms in total. The van der Waals surface area contributed by atoms with Crippen LogP contribution in [0, 0.1) is 12.8 Å². The average molecular weight is 369 g/mol. The molecule has 2 aromatic rings. The largest absolute Gasteiger partial charge is 0.346 e. The molecule has 4 fully saturated rings. The standard InChI is InChI=1S/C22H28N2OS/c1-13-4-5-16-12-17(26-19(16)18(13)14-6-7-14)21(25)23-20-15-8-10-24(11-9-15)22(20,2)3/h4-5,12,14-15,20H,6-11H2,1-3H3,(H,23,25)/t20-/m0/s1. The van der Waals surface area contributed by atoms with Crippen LogP contribution in [0.4, 0.5) is 0 Å². The Labute approximate surface area is 159 Å². The van der Waals surface area contributed by atoms with Crippen LogP contribution in [0.1, 0.15) is 66.2 Å². The van der Waals surface area contributed by atoms with E-state index in [0.717, 1.165) is 4.88 Å². The topological polar surface area (TPSA) is 32.3 Å². The highest BCUT2D eigenvalue weighted by Gasteiger charge is 2.48. The summed E-state index contributed by atoms with van der Waals surface area (Å²) >= 11 is 1.70. The number of fused-ring (bicyclic) bond motifs is 4. The van der Waals surface area contributed by atoms with Gasteiger partial charge in [-0.3, -0.25) is 9.69 Å². The zero-order chi connectivity index (χ0) is 18.1. The van der Waals surface area contributed by atoms with E-state index in [2.05, 4.69) is 49.2 Å². The average Bonchev–Trinajstić information content (AvgIpc) is 3.35. The maximum atomic E-state index is 13.1. The van der Waals surface area contributed by atoms with Gasteiger partial charge < -0.3 is 5.32 Å². The molecule has 1 atom stereocenters. The SMILES string of the molecule is Cc1ccc2cc(C(=O)N[C@H]3C4CCN(CC4)C3(C)C)sc2c1C1CC1. The number of carbonyl (C=O) groups is 1. The van der Waals surface area contributed by atoms with Crippen LogP contribution in [0.25, 0.3) is 10.1 Å². The Balaban J connectivity index is 1.45. The predicted molar refractivity (Wildman–Crippen MR) is 108 cm³/mol. The first-order valence-electron chi connectivity index (χ1n) is 10.0. The first-order valence-corrected chi connectivity index (χ1v) is 10.9. The number of hydrogen-bond donors (Lipinski definition) is 1. The fraction of sp³-hybridized carbons (Fsp3) is 0.591. The van der Waals surface area contributed by atoms with Gasteiger partial charge in [-0.15, -0.1) is 11.3 Å². The van der Waals surface area contributed by atoms with Crippen molar-refractivity contribution in [2.45, 2.75) is 64.0 Å². The third-order valence-corrected chi connectivity index (χ3v) is 8.21. The molecule has 1 amide bonds. The second-order valence-electron chi connectivity index (χ2n) is 9.03. The smallest absolute Gasteiger partial charge is 0.261 e. The fourth-order valence-electron chi connectivity index (χ4n) is 5.30. The Hall–Kier alpha value is -1.39. The van der Waals surface area contributed by atoms with Crippen molar-refractivity contribution in [1.29, 1.82) is 0 Å². The number of nitrogens with zero attached hydrogens (tertiary/aromatic N) is 1. The minimum Gasteiger partial charge on any atom is -0.346 e. The van der Waals surface area contributed by atoms with Crippen LogP contribution in [0.15, 0.2) is 18.2 Å². The van der Waals surface area contributed by atoms with Crippen LogP contribution in [-0.4, -0.2) is 35.5 Å². The fourth-order valence-corrected chi connectivity index (χ4v) is 6.54. The molecule has 26 heavy (non-hydrogen) atoms. The summed E-state index contributed by atoms with van der Waals surface area (Å²) in [5, 5.41) is 4.66. The Bertz CT molecular complexity index is 872. The van der Waals surface area contributed by atoms with Crippen LogP contribution in [0.2, 0.25) is 0 Å². The Morgan fingerprint density at radius 3 is 2.58 bits per heavy atom. The molecule has 1 N–H and O–H groups in total. The van der Waals surface area contributed by atoms with Crippen LogP contribution < -0.4 is 5.32 Å². The molecule has 138 valence electrons. The molecule has 1 saturated carbocycles. The summed E-state index contributed by atoms with van der Waals surface area (Å²) in [5.74, 6) is 1.46. The number of benzene rings is 1. The molecule has 1 aromatic heterocycles. The summed E-state index contributed by atoms with van der Waals surface area (Å²) in [5.41, 5.74) is 2.94. The van der Waals surface area contributed by atoms with Gasteiger partial charge in [-0.2, -0.15) is 0 Å². The molecule has 2 bridgehead atoms. The third kappa shape index (κ3) is 2.53. The molecule has 4 heterocycles. The number of nitrogens with one attached hydrogen (secondary N) is 1. The lowest BCUT2D eigenvalue weighted by molar-refractivity contribution is -0.0377. The molecule has 0 radical (unpaired) electrons. The third-order valence-electron chi connectivity index (χ3n) is 7.03. The molecule has 0 unspecified atom stereocenters. The molecule has 3 aliphatic heterocycles. The Morgan fingerprint density at radius 2 is 1.92 bits per heavy atom. The van der Waals surface area contributed by atoms with Crippen molar-refractivity contribution in [3.8, 4) is 0 Å². The van der Waals surface area contributed by atoms with Crippen molar-refractivity contribution in [2.75, 3.05) is 13.1 Å². The predicted octanol–water partition coefficient (Wildman–Crippen LogP) is 4.69. The minimum absolute atomic E-state index is 0.0588. The van der Waals surface area contributed by atoms with E-state index < -0.39 is 0 Å². The van der Waals surface area contributed by atoms with Gasteiger partial charge in [0.1, 0.15) is 0 Å². The van der Waals surface area contributed by atoms with Gasteiger partial charge in [-0.1, -0.05) is 12.1 Å². The van der Waals surface area contributed by atoms with E-state index in [9.17, 15) is 4.79 Å². The zero-order valence-corrected chi connectivity index (χ0v) is 16.8. The molecular weight excluding hydrogens is 340 g/mol. The van der Waals surface area contributed by atoms with Gasteiger partial charge in [0.15, 0.2) is 0 Å². The van der Waals surface area contributed by atoms with E-state index in [1.165, 1.54) is 60.0 Å². The van der Waals surface area contributed by atoms with Gasteiger partial charge >= 0.3 is 0 Å². The quantitative estimate of drug-likeness (QED) is 0.852. The molecule has 4 aliphatic rings. The summed E-state index contributed by atoms with van der Waals surface area (Å²) in [6.45, 7) is 9.15. The van der Waals surface area contributed by atoms with E-state index >= 15 is 0 Å². The Kier molecular flexibility index (Phi) is 3.74. The number of aryl methyl sites for hydroxylation is 1. The molecule has 0 spiro atoms. The number of carbonyl (C=O) groups excluding carboxylic acids is 1. The highest BCUT2D eigenvalue weighted by Crippen LogP contribution is 2.47. The molecular formula is C22H28N2OS. The number of hydrogen-bond acceptors (Lipinski definition) is 3. The van der Waals surface area contributed by atoms with Crippen molar-refractivity contribution in [3.05, 3.63) is 34.2 Å². The first-order chi connectivity index (χ1) is 12.4. The molecule has 1 aromatic carbocycles. The van der Waals surface area contributed by atoms with Crippen molar-refractivity contribution in [1.82, 2.24) is 10.2 Å². The van der Waals surface area contributed by atoms with Crippen molar-refractivity contribution in [2.24, 2.45) is 5.92 Å². The normalized spacial score (nSPS) is 29.9. The number of amides is 1. The zero-order valence-electron chi connectivity index (χ0n) is 16.0. The lowest BCUT2D eigenvalue weighted by Gasteiger charge is -2.56. The van der Waals surface area contributed by atoms with Crippen LogP contribution in [-0.2, 0) is 0 Å². The summed E-state index contributed by atoms with van der Waals surface area (Å²) < 4.78 is 1.34. The van der Waals surface area contributed by atoms with Gasteiger partial charge in [0.05, 0.1) is 4.88 Å². The van der Waals surface area contributed by atoms with Crippen molar-refractivity contribution >= 4 is 27.3 Å². The van der Waals surface area contributed by atoms with Gasteiger partial charge in [0.25, 0.3) is 5.91 Å². The lowest BCUT2D eigenvalue weighted by atomic mass is 9.72. The molecule has 4 heteroatoms. The lowest BCUT2D eigenvalue weighted by Crippen LogP contribution is -2.69. The first kappa shape index (κ1) is 16.8. The van der Waals surface area contributed by atoms with Crippen molar-refractivity contribution < 1.29 is 4.79 Å². The van der Waals surface area contributed by atoms with E-state index in [1.807, 2.05) is 0 Å². The van der Waals surface area contributed by atoms with Crippen LogP contribution >= 0.6 is 11.3 Å². The molecule has 3 saturated heterocycles. The monoisotopic (exact) mass is 368 g/mol. The molecule has 6 rings (SSSR count). The highest BCUT2D eigenvalue weighted by atomic mass is 32.1. The molecule has 1 aliphatic carbocycles. The second kappa shape index (κ2) is 5.80. The van der Waals surface area contributed by atoms with Gasteiger partial charge in [0, 0.05) is 16.3 Å². The van der Waals surface area contributed by atoms with Crippen LogP contribution in [0.5, 0.6) is 0 Å². The number of rotatable bonds is 3. The maximum Gasteiger partial charge on any atom is 0.261 e. The summed E-state index contributed by atoms with van der Waals surface area (Å²) in [6.07, 6.45) is 5.03. The van der Waals surface area contributed by atoms with Crippen LogP contribution in [0.3, 0.4) is 0 Å². The minimum atomic E-state index is 0.0588. The number of thiophene rings is 1. The van der Waals surface area contributed by atoms with Gasteiger partial charge in [0.2, 0.25) is 0 Å². The van der Waals surface area contributed by atoms with E-state index in [-0.39, 0.29) is 17.5 Å². The van der Waals surface area contributed by atoms with E-state index in [0.29, 0.717) is 11.8 Å². The number of piperidine rings is 3. The maximum absolute atomic E-state index is 13.1. The second-order valence-corrected chi connectivity index (χ2v) is 10.1. The Morgan fingerprint density at radius 1 is 1.19 bits per heavy atom. The summed E-state index contributed by atoms with van der Waals surface area (Å²) in [6, 6.07) is 6.77. The van der Waals surface area contributed by atoms with E-state index in [1.54, 1.807) is 11.3 Å². The van der Waals surface area contributed by atoms with Gasteiger partial charge in [-0.25, -0.2) is 0 Å². The summed E-state index contributed by atoms with van der Waals surface area (Å²) in [4.78, 5) is 16.5. The van der Waals surface area contributed by atoms with Crippen molar-refractivity contribution in [3.63, 3.8) is 0 Å². The van der Waals surface area contributed by atoms with Gasteiger partial charge in [-0.05, 0) is 94.0 Å².